The maximum atomic E-state index is 12.3. The summed E-state index contributed by atoms with van der Waals surface area (Å²) in [6.45, 7) is 2.54. The smallest absolute Gasteiger partial charge is 0.286 e. The first-order valence-electron chi connectivity index (χ1n) is 8.68. The van der Waals surface area contributed by atoms with Crippen molar-refractivity contribution >= 4 is 17.5 Å². The van der Waals surface area contributed by atoms with Gasteiger partial charge in [-0.1, -0.05) is 29.7 Å². The van der Waals surface area contributed by atoms with E-state index in [1.807, 2.05) is 31.2 Å². The summed E-state index contributed by atoms with van der Waals surface area (Å²) in [6.07, 6.45) is 7.74. The molecule has 0 saturated carbocycles. The summed E-state index contributed by atoms with van der Waals surface area (Å²) in [6, 6.07) is 7.50. The molecule has 140 valence electrons. The van der Waals surface area contributed by atoms with Gasteiger partial charge < -0.3 is 19.9 Å². The number of halogens is 1. The molecule has 0 aromatic heterocycles. The predicted octanol–water partition coefficient (Wildman–Crippen LogP) is 2.84. The van der Waals surface area contributed by atoms with E-state index < -0.39 is 6.29 Å². The van der Waals surface area contributed by atoms with Crippen LogP contribution in [-0.2, 0) is 14.3 Å². The highest BCUT2D eigenvalue weighted by Crippen LogP contribution is 2.39. The molecule has 0 radical (unpaired) electrons. The van der Waals surface area contributed by atoms with E-state index in [-0.39, 0.29) is 36.7 Å². The molecule has 6 heteroatoms. The molecule has 1 aliphatic heterocycles. The Bertz CT molecular complexity index is 665. The topological polar surface area (TPSA) is 67.8 Å². The molecule has 3 atom stereocenters. The van der Waals surface area contributed by atoms with Crippen LogP contribution in [0.3, 0.4) is 0 Å². The van der Waals surface area contributed by atoms with Gasteiger partial charge in [0, 0.05) is 30.1 Å². The van der Waals surface area contributed by atoms with Crippen LogP contribution in [0.15, 0.2) is 36.1 Å². The number of carbonyl (C=O) groups is 1. The Morgan fingerprint density at radius 2 is 2.15 bits per heavy atom. The van der Waals surface area contributed by atoms with Crippen molar-refractivity contribution in [3.05, 3.63) is 46.7 Å². The van der Waals surface area contributed by atoms with Crippen LogP contribution >= 0.6 is 11.6 Å². The monoisotopic (exact) mass is 377 g/mol. The van der Waals surface area contributed by atoms with Gasteiger partial charge in [0.15, 0.2) is 5.76 Å². The average Bonchev–Trinajstić information content (AvgIpc) is 2.65. The zero-order valence-electron chi connectivity index (χ0n) is 14.8. The summed E-state index contributed by atoms with van der Waals surface area (Å²) in [5.41, 5.74) is 1.01. The summed E-state index contributed by atoms with van der Waals surface area (Å²) < 4.78 is 11.6. The van der Waals surface area contributed by atoms with E-state index in [0.717, 1.165) is 5.56 Å². The summed E-state index contributed by atoms with van der Waals surface area (Å²) in [7, 11) is 0. The van der Waals surface area contributed by atoms with E-state index in [4.69, 9.17) is 27.5 Å². The van der Waals surface area contributed by atoms with Crippen LogP contribution in [0.25, 0.3) is 0 Å². The maximum Gasteiger partial charge on any atom is 0.286 e. The molecule has 2 rings (SSSR count). The number of rotatable bonds is 8. The second kappa shape index (κ2) is 10.2. The van der Waals surface area contributed by atoms with Gasteiger partial charge in [0.1, 0.15) is 0 Å². The SMILES string of the molecule is C#CCNC(=O)C1=C[C@H](c2ccc(Cl)cc2)[C@@H](CCCO)[C@H](OCC)O1. The summed E-state index contributed by atoms with van der Waals surface area (Å²) in [4.78, 5) is 12.3. The van der Waals surface area contributed by atoms with E-state index in [1.54, 1.807) is 6.08 Å². The minimum atomic E-state index is -0.580. The van der Waals surface area contributed by atoms with Gasteiger partial charge in [-0.25, -0.2) is 0 Å². The van der Waals surface area contributed by atoms with Crippen molar-refractivity contribution in [2.75, 3.05) is 19.8 Å². The van der Waals surface area contributed by atoms with Crippen molar-refractivity contribution in [1.29, 1.82) is 0 Å². The first-order valence-corrected chi connectivity index (χ1v) is 9.06. The van der Waals surface area contributed by atoms with Crippen molar-refractivity contribution < 1.29 is 19.4 Å². The van der Waals surface area contributed by atoms with Crippen LogP contribution in [0.5, 0.6) is 0 Å². The van der Waals surface area contributed by atoms with Crippen LogP contribution < -0.4 is 5.32 Å². The Kier molecular flexibility index (Phi) is 7.99. The molecule has 1 aromatic carbocycles. The Hall–Kier alpha value is -2.00. The molecule has 26 heavy (non-hydrogen) atoms. The quantitative estimate of drug-likeness (QED) is 0.683. The molecule has 1 aromatic rings. The lowest BCUT2D eigenvalue weighted by atomic mass is 9.80. The normalized spacial score (nSPS) is 22.1. The zero-order valence-corrected chi connectivity index (χ0v) is 15.5. The first-order chi connectivity index (χ1) is 12.6. The summed E-state index contributed by atoms with van der Waals surface area (Å²) in [5.74, 6) is 2.06. The number of terminal acetylenes is 1. The second-order valence-electron chi connectivity index (χ2n) is 5.97. The minimum absolute atomic E-state index is 0.0348. The molecule has 0 aliphatic carbocycles. The van der Waals surface area contributed by atoms with Crippen LogP contribution in [0, 0.1) is 18.3 Å². The highest BCUT2D eigenvalue weighted by Gasteiger charge is 2.37. The zero-order chi connectivity index (χ0) is 18.9. The van der Waals surface area contributed by atoms with Gasteiger partial charge in [-0.15, -0.1) is 6.42 Å². The van der Waals surface area contributed by atoms with Crippen molar-refractivity contribution in [2.45, 2.75) is 32.0 Å². The van der Waals surface area contributed by atoms with Gasteiger partial charge in [0.05, 0.1) is 6.54 Å². The van der Waals surface area contributed by atoms with Crippen molar-refractivity contribution in [1.82, 2.24) is 5.32 Å². The molecular formula is C20H24ClNO4. The van der Waals surface area contributed by atoms with Crippen molar-refractivity contribution in [3.8, 4) is 12.3 Å². The molecule has 1 aliphatic rings. The Labute approximate surface area is 159 Å². The number of benzene rings is 1. The first kappa shape index (κ1) is 20.3. The van der Waals surface area contributed by atoms with Gasteiger partial charge >= 0.3 is 0 Å². The second-order valence-corrected chi connectivity index (χ2v) is 6.40. The van der Waals surface area contributed by atoms with E-state index in [2.05, 4.69) is 11.2 Å². The van der Waals surface area contributed by atoms with Gasteiger partial charge in [-0.2, -0.15) is 0 Å². The molecule has 1 heterocycles. The van der Waals surface area contributed by atoms with E-state index in [0.29, 0.717) is 24.5 Å². The van der Waals surface area contributed by atoms with Crippen LogP contribution in [0.2, 0.25) is 5.02 Å². The van der Waals surface area contributed by atoms with Gasteiger partial charge in [0.25, 0.3) is 5.91 Å². The summed E-state index contributed by atoms with van der Waals surface area (Å²) >= 11 is 6.00. The largest absolute Gasteiger partial charge is 0.459 e. The molecular weight excluding hydrogens is 354 g/mol. The number of hydrogen-bond donors (Lipinski definition) is 2. The fourth-order valence-electron chi connectivity index (χ4n) is 3.05. The molecule has 1 amide bonds. The van der Waals surface area contributed by atoms with Crippen molar-refractivity contribution in [2.24, 2.45) is 5.92 Å². The lowest BCUT2D eigenvalue weighted by Crippen LogP contribution is -2.39. The standard InChI is InChI=1S/C20H24ClNO4/c1-3-11-22-19(24)18-13-17(14-7-9-15(21)10-8-14)16(6-5-12-23)20(26-18)25-4-2/h1,7-10,13,16-17,20,23H,4-6,11-12H2,2H3,(H,22,24)/t16-,17-,20-/m1/s1. The maximum absolute atomic E-state index is 12.3. The van der Waals surface area contributed by atoms with Crippen LogP contribution in [0.1, 0.15) is 31.2 Å². The lowest BCUT2D eigenvalue weighted by Gasteiger charge is -2.37. The molecule has 0 saturated heterocycles. The van der Waals surface area contributed by atoms with Gasteiger partial charge in [-0.3, -0.25) is 4.79 Å². The van der Waals surface area contributed by atoms with Crippen LogP contribution in [-0.4, -0.2) is 37.1 Å². The number of amides is 1. The number of ether oxygens (including phenoxy) is 2. The van der Waals surface area contributed by atoms with E-state index >= 15 is 0 Å². The lowest BCUT2D eigenvalue weighted by molar-refractivity contribution is -0.166. The van der Waals surface area contributed by atoms with E-state index in [1.165, 1.54) is 0 Å². The minimum Gasteiger partial charge on any atom is -0.459 e. The average molecular weight is 378 g/mol. The van der Waals surface area contributed by atoms with Gasteiger partial charge in [-0.05, 0) is 43.5 Å². The summed E-state index contributed by atoms with van der Waals surface area (Å²) in [5, 5.41) is 12.5. The number of carbonyl (C=O) groups excluding carboxylic acids is 1. The molecule has 5 nitrogen and oxygen atoms in total. The molecule has 0 unspecified atom stereocenters. The molecule has 0 fully saturated rings. The van der Waals surface area contributed by atoms with Gasteiger partial charge in [0.2, 0.25) is 6.29 Å². The third-order valence-corrected chi connectivity index (χ3v) is 4.49. The Morgan fingerprint density at radius 3 is 2.77 bits per heavy atom. The highest BCUT2D eigenvalue weighted by atomic mass is 35.5. The number of nitrogens with one attached hydrogen (secondary N) is 1. The highest BCUT2D eigenvalue weighted by molar-refractivity contribution is 6.30. The number of aliphatic hydroxyl groups is 1. The third-order valence-electron chi connectivity index (χ3n) is 4.24. The third kappa shape index (κ3) is 5.25. The molecule has 0 spiro atoms. The predicted molar refractivity (Wildman–Crippen MR) is 100 cm³/mol. The number of aliphatic hydroxyl groups excluding tert-OH is 1. The van der Waals surface area contributed by atoms with E-state index in [9.17, 15) is 9.90 Å². The number of hydrogen-bond acceptors (Lipinski definition) is 4. The fraction of sp³-hybridized carbons (Fsp3) is 0.450. The molecule has 2 N–H and O–H groups in total. The fourth-order valence-corrected chi connectivity index (χ4v) is 3.17. The molecule has 0 bridgehead atoms. The Morgan fingerprint density at radius 1 is 1.42 bits per heavy atom. The van der Waals surface area contributed by atoms with Crippen molar-refractivity contribution in [3.63, 3.8) is 0 Å². The van der Waals surface area contributed by atoms with Crippen LogP contribution in [0.4, 0.5) is 0 Å². The Balaban J connectivity index is 2.37. The number of allylic oxidation sites excluding steroid dienone is 1.